The lowest BCUT2D eigenvalue weighted by Crippen LogP contribution is -2.11. The molecule has 0 bridgehead atoms. The molecule has 0 amide bonds. The van der Waals surface area contributed by atoms with Crippen LogP contribution in [-0.4, -0.2) is 36.1 Å². The van der Waals surface area contributed by atoms with Gasteiger partial charge in [0.2, 0.25) is 0 Å². The third kappa shape index (κ3) is 2.41. The van der Waals surface area contributed by atoms with E-state index >= 15 is 0 Å². The van der Waals surface area contributed by atoms with Crippen molar-refractivity contribution in [3.05, 3.63) is 24.0 Å². The van der Waals surface area contributed by atoms with Crippen molar-refractivity contribution in [1.82, 2.24) is 5.06 Å². The SMILES string of the molecule is COC(=O)C1=N/C(=C/N(C)O)C=C1. The summed E-state index contributed by atoms with van der Waals surface area (Å²) in [6.07, 6.45) is 4.52. The minimum atomic E-state index is -0.486. The summed E-state index contributed by atoms with van der Waals surface area (Å²) in [5.41, 5.74) is 0.737. The lowest BCUT2D eigenvalue weighted by atomic mass is 10.4. The van der Waals surface area contributed by atoms with Gasteiger partial charge in [0.05, 0.1) is 19.0 Å². The zero-order valence-electron chi connectivity index (χ0n) is 7.39. The van der Waals surface area contributed by atoms with E-state index < -0.39 is 5.97 Å². The molecular weight excluding hydrogens is 172 g/mol. The summed E-state index contributed by atoms with van der Waals surface area (Å²) in [6.45, 7) is 0. The van der Waals surface area contributed by atoms with Crippen LogP contribution in [0, 0.1) is 0 Å². The van der Waals surface area contributed by atoms with Gasteiger partial charge in [-0.15, -0.1) is 0 Å². The number of carbonyl (C=O) groups is 1. The highest BCUT2D eigenvalue weighted by atomic mass is 16.5. The second-order valence-electron chi connectivity index (χ2n) is 2.45. The number of esters is 1. The Morgan fingerprint density at radius 3 is 2.92 bits per heavy atom. The molecule has 13 heavy (non-hydrogen) atoms. The van der Waals surface area contributed by atoms with E-state index in [1.54, 1.807) is 6.08 Å². The van der Waals surface area contributed by atoms with Crippen LogP contribution in [-0.2, 0) is 9.53 Å². The van der Waals surface area contributed by atoms with Crippen LogP contribution in [0.1, 0.15) is 0 Å². The molecule has 70 valence electrons. The highest BCUT2D eigenvalue weighted by Gasteiger charge is 2.13. The minimum Gasteiger partial charge on any atom is -0.464 e. The fourth-order valence-corrected chi connectivity index (χ4v) is 0.860. The lowest BCUT2D eigenvalue weighted by molar-refractivity contribution is -0.132. The second-order valence-corrected chi connectivity index (χ2v) is 2.45. The Morgan fingerprint density at radius 2 is 2.38 bits per heavy atom. The molecule has 0 radical (unpaired) electrons. The van der Waals surface area contributed by atoms with E-state index in [2.05, 4.69) is 9.73 Å². The van der Waals surface area contributed by atoms with Crippen LogP contribution in [0.4, 0.5) is 0 Å². The number of hydrogen-bond donors (Lipinski definition) is 1. The summed E-state index contributed by atoms with van der Waals surface area (Å²) in [4.78, 5) is 14.8. The van der Waals surface area contributed by atoms with Gasteiger partial charge in [0.1, 0.15) is 5.71 Å². The summed E-state index contributed by atoms with van der Waals surface area (Å²) >= 11 is 0. The molecule has 0 unspecified atom stereocenters. The van der Waals surface area contributed by atoms with Gasteiger partial charge in [0.25, 0.3) is 0 Å². The van der Waals surface area contributed by atoms with Gasteiger partial charge in [-0.05, 0) is 12.2 Å². The molecule has 0 atom stereocenters. The van der Waals surface area contributed by atoms with Gasteiger partial charge in [-0.25, -0.2) is 9.79 Å². The standard InChI is InChI=1S/C8H10N2O3/c1-10(12)5-6-3-4-7(9-6)8(11)13-2/h3-5,12H,1-2H3/b6-5+. The van der Waals surface area contributed by atoms with Gasteiger partial charge in [0.15, 0.2) is 0 Å². The van der Waals surface area contributed by atoms with Gasteiger partial charge in [-0.2, -0.15) is 0 Å². The molecule has 1 heterocycles. The molecule has 0 fully saturated rings. The van der Waals surface area contributed by atoms with E-state index in [0.717, 1.165) is 5.06 Å². The smallest absolute Gasteiger partial charge is 0.356 e. The molecule has 0 aromatic heterocycles. The number of hydrogen-bond acceptors (Lipinski definition) is 5. The fourth-order valence-electron chi connectivity index (χ4n) is 0.860. The van der Waals surface area contributed by atoms with Crippen molar-refractivity contribution >= 4 is 11.7 Å². The first-order chi connectivity index (χ1) is 6.13. The van der Waals surface area contributed by atoms with Crippen molar-refractivity contribution in [1.29, 1.82) is 0 Å². The highest BCUT2D eigenvalue weighted by molar-refractivity contribution is 6.42. The minimum absolute atomic E-state index is 0.232. The fraction of sp³-hybridized carbons (Fsp3) is 0.250. The predicted molar refractivity (Wildman–Crippen MR) is 46.2 cm³/mol. The van der Waals surface area contributed by atoms with Crippen LogP contribution in [0.15, 0.2) is 29.0 Å². The van der Waals surface area contributed by atoms with Crippen molar-refractivity contribution in [2.24, 2.45) is 4.99 Å². The molecule has 0 aliphatic carbocycles. The summed E-state index contributed by atoms with van der Waals surface area (Å²) in [5.74, 6) is -0.486. The second kappa shape index (κ2) is 3.86. The first kappa shape index (κ1) is 9.47. The number of allylic oxidation sites excluding steroid dienone is 1. The predicted octanol–water partition coefficient (Wildman–Crippen LogP) is 0.333. The van der Waals surface area contributed by atoms with E-state index in [-0.39, 0.29) is 5.71 Å². The number of methoxy groups -OCH3 is 1. The maximum absolute atomic E-state index is 10.9. The molecule has 1 rings (SSSR count). The zero-order chi connectivity index (χ0) is 9.84. The van der Waals surface area contributed by atoms with Crippen LogP contribution in [0.5, 0.6) is 0 Å². The van der Waals surface area contributed by atoms with Crippen molar-refractivity contribution < 1.29 is 14.7 Å². The molecule has 1 aliphatic rings. The number of rotatable bonds is 2. The van der Waals surface area contributed by atoms with Gasteiger partial charge in [-0.3, -0.25) is 10.3 Å². The average molecular weight is 182 g/mol. The normalized spacial score (nSPS) is 17.5. The third-order valence-electron chi connectivity index (χ3n) is 1.38. The molecule has 0 saturated heterocycles. The van der Waals surface area contributed by atoms with E-state index in [1.165, 1.54) is 26.4 Å². The first-order valence-electron chi connectivity index (χ1n) is 3.62. The van der Waals surface area contributed by atoms with Gasteiger partial charge in [-0.1, -0.05) is 0 Å². The Kier molecular flexibility index (Phi) is 2.81. The molecule has 0 aromatic rings. The van der Waals surface area contributed by atoms with Crippen molar-refractivity contribution in [3.63, 3.8) is 0 Å². The van der Waals surface area contributed by atoms with Crippen LogP contribution in [0.3, 0.4) is 0 Å². The maximum atomic E-state index is 10.9. The summed E-state index contributed by atoms with van der Waals surface area (Å²) in [7, 11) is 2.74. The van der Waals surface area contributed by atoms with Gasteiger partial charge < -0.3 is 4.74 Å². The number of ether oxygens (including phenoxy) is 1. The Bertz CT molecular complexity index is 303. The molecular formula is C8H10N2O3. The third-order valence-corrected chi connectivity index (χ3v) is 1.38. The van der Waals surface area contributed by atoms with Crippen LogP contribution in [0.2, 0.25) is 0 Å². The molecule has 5 nitrogen and oxygen atoms in total. The molecule has 1 aliphatic heterocycles. The molecule has 0 aromatic carbocycles. The lowest BCUT2D eigenvalue weighted by Gasteiger charge is -2.01. The molecule has 1 N–H and O–H groups in total. The largest absolute Gasteiger partial charge is 0.464 e. The summed E-state index contributed by atoms with van der Waals surface area (Å²) in [6, 6.07) is 0. The maximum Gasteiger partial charge on any atom is 0.356 e. The summed E-state index contributed by atoms with van der Waals surface area (Å²) < 4.78 is 4.46. The topological polar surface area (TPSA) is 62.1 Å². The Morgan fingerprint density at radius 1 is 1.69 bits per heavy atom. The Labute approximate surface area is 75.6 Å². The monoisotopic (exact) mass is 182 g/mol. The summed E-state index contributed by atoms with van der Waals surface area (Å²) in [5, 5.41) is 9.70. The number of hydroxylamine groups is 2. The molecule has 0 spiro atoms. The average Bonchev–Trinajstić information content (AvgIpc) is 2.50. The quantitative estimate of drug-likeness (QED) is 0.494. The van der Waals surface area contributed by atoms with E-state index in [9.17, 15) is 4.79 Å². The first-order valence-corrected chi connectivity index (χ1v) is 3.62. The van der Waals surface area contributed by atoms with Gasteiger partial charge in [0, 0.05) is 7.05 Å². The number of nitrogens with zero attached hydrogens (tertiary/aromatic N) is 2. The van der Waals surface area contributed by atoms with Crippen LogP contribution >= 0.6 is 0 Å². The van der Waals surface area contributed by atoms with E-state index in [4.69, 9.17) is 5.21 Å². The van der Waals surface area contributed by atoms with Crippen molar-refractivity contribution in [2.45, 2.75) is 0 Å². The number of aliphatic imine (C=N–C) groups is 1. The van der Waals surface area contributed by atoms with Crippen molar-refractivity contribution in [3.8, 4) is 0 Å². The Balaban J connectivity index is 2.76. The van der Waals surface area contributed by atoms with Crippen molar-refractivity contribution in [2.75, 3.05) is 14.2 Å². The molecule has 0 saturated carbocycles. The highest BCUT2D eigenvalue weighted by Crippen LogP contribution is 2.09. The van der Waals surface area contributed by atoms with E-state index in [1.807, 2.05) is 0 Å². The zero-order valence-corrected chi connectivity index (χ0v) is 7.39. The van der Waals surface area contributed by atoms with Crippen LogP contribution < -0.4 is 0 Å². The Hall–Kier alpha value is -1.62. The van der Waals surface area contributed by atoms with Crippen LogP contribution in [0.25, 0.3) is 0 Å². The van der Waals surface area contributed by atoms with Gasteiger partial charge >= 0.3 is 5.97 Å². The molecule has 5 heteroatoms. The van der Waals surface area contributed by atoms with E-state index in [0.29, 0.717) is 5.70 Å². The number of carbonyl (C=O) groups excluding carboxylic acids is 1.